The molecule has 0 saturated carbocycles. The Morgan fingerprint density at radius 1 is 0.867 bits per heavy atom. The summed E-state index contributed by atoms with van der Waals surface area (Å²) in [6, 6.07) is -3.94. The van der Waals surface area contributed by atoms with E-state index in [4.69, 9.17) is 0 Å². The van der Waals surface area contributed by atoms with Crippen molar-refractivity contribution >= 4 is 6.04 Å². The zero-order chi connectivity index (χ0) is 12.3. The van der Waals surface area contributed by atoms with Crippen molar-refractivity contribution in [3.8, 4) is 0 Å². The summed E-state index contributed by atoms with van der Waals surface area (Å²) < 4.78 is 99.7. The van der Waals surface area contributed by atoms with Crippen molar-refractivity contribution in [2.45, 2.75) is 23.8 Å². The number of halogens is 8. The molecule has 0 aliphatic carbocycles. The molecular formula is C5F8O2. The summed E-state index contributed by atoms with van der Waals surface area (Å²) in [6.07, 6.45) is -11.9. The number of ether oxygens (including phenoxy) is 1. The highest BCUT2D eigenvalue weighted by Crippen LogP contribution is 2.60. The summed E-state index contributed by atoms with van der Waals surface area (Å²) >= 11 is 0. The van der Waals surface area contributed by atoms with Crippen LogP contribution in [0, 0.1) is 0 Å². The third-order valence-corrected chi connectivity index (χ3v) is 1.73. The molecule has 0 spiro atoms. The van der Waals surface area contributed by atoms with Crippen LogP contribution in [0.1, 0.15) is 0 Å². The fourth-order valence-electron chi connectivity index (χ4n) is 0.917. The maximum absolute atomic E-state index is 12.7. The molecule has 1 fully saturated rings. The summed E-state index contributed by atoms with van der Waals surface area (Å²) in [5.41, 5.74) is -6.02. The average Bonchev–Trinajstić information content (AvgIpc) is 2.06. The molecule has 0 radical (unpaired) electrons. The van der Waals surface area contributed by atoms with E-state index in [2.05, 4.69) is 4.74 Å². The highest BCUT2D eigenvalue weighted by molar-refractivity contribution is 5.81. The van der Waals surface area contributed by atoms with Gasteiger partial charge in [0.25, 0.3) is 0 Å². The quantitative estimate of drug-likeness (QED) is 0.521. The Labute approximate surface area is 75.8 Å². The number of hydrogen-bond donors (Lipinski definition) is 0. The molecule has 1 atom stereocenters. The van der Waals surface area contributed by atoms with Crippen LogP contribution < -0.4 is 0 Å². The summed E-state index contributed by atoms with van der Waals surface area (Å²) in [4.78, 5) is 9.67. The lowest BCUT2D eigenvalue weighted by Crippen LogP contribution is -2.58. The molecule has 1 heterocycles. The van der Waals surface area contributed by atoms with Crippen molar-refractivity contribution < 1.29 is 44.7 Å². The van der Waals surface area contributed by atoms with Crippen LogP contribution in [0.3, 0.4) is 0 Å². The van der Waals surface area contributed by atoms with Gasteiger partial charge < -0.3 is 0 Å². The Morgan fingerprint density at radius 3 is 1.40 bits per heavy atom. The number of carbonyl (C=O) groups excluding carboxylic acids is 1. The molecule has 1 rings (SSSR count). The van der Waals surface area contributed by atoms with Crippen LogP contribution >= 0.6 is 0 Å². The smallest absolute Gasteiger partial charge is 0.257 e. The Morgan fingerprint density at radius 2 is 1.27 bits per heavy atom. The van der Waals surface area contributed by atoms with E-state index >= 15 is 0 Å². The van der Waals surface area contributed by atoms with Gasteiger partial charge in [-0.25, -0.2) is 9.13 Å². The highest BCUT2D eigenvalue weighted by atomic mass is 19.3. The molecule has 0 aromatic heterocycles. The molecule has 10 heteroatoms. The predicted octanol–water partition coefficient (Wildman–Crippen LogP) is 2.04. The number of hydrogen-bond acceptors (Lipinski definition) is 2. The van der Waals surface area contributed by atoms with Gasteiger partial charge in [0.1, 0.15) is 0 Å². The summed E-state index contributed by atoms with van der Waals surface area (Å²) in [5, 5.41) is 0. The molecule has 2 nitrogen and oxygen atoms in total. The maximum Gasteiger partial charge on any atom is 0.428 e. The van der Waals surface area contributed by atoms with Gasteiger partial charge in [-0.15, -0.1) is 0 Å². The first-order chi connectivity index (χ1) is 6.40. The zero-order valence-corrected chi connectivity index (χ0v) is 6.34. The Balaban J connectivity index is 3.43. The van der Waals surface area contributed by atoms with E-state index in [1.165, 1.54) is 0 Å². The van der Waals surface area contributed by atoms with Gasteiger partial charge in [0, 0.05) is 0 Å². The fraction of sp³-hybridized carbons (Fsp3) is 0.800. The summed E-state index contributed by atoms with van der Waals surface area (Å²) in [5.74, 6) is -6.30. The molecular weight excluding hydrogens is 244 g/mol. The van der Waals surface area contributed by atoms with E-state index in [1.807, 2.05) is 0 Å². The molecule has 1 unspecified atom stereocenters. The van der Waals surface area contributed by atoms with Crippen molar-refractivity contribution in [2.75, 3.05) is 0 Å². The molecule has 0 aromatic carbocycles. The third-order valence-electron chi connectivity index (χ3n) is 1.73. The largest absolute Gasteiger partial charge is 0.428 e. The van der Waals surface area contributed by atoms with Gasteiger partial charge in [0.15, 0.2) is 0 Å². The average molecular weight is 244 g/mol. The van der Waals surface area contributed by atoms with Crippen molar-refractivity contribution in [2.24, 2.45) is 0 Å². The van der Waals surface area contributed by atoms with Crippen LogP contribution in [0.2, 0.25) is 0 Å². The van der Waals surface area contributed by atoms with Crippen LogP contribution in [0.15, 0.2) is 0 Å². The first kappa shape index (κ1) is 12.1. The first-order valence-corrected chi connectivity index (χ1v) is 3.12. The van der Waals surface area contributed by atoms with E-state index in [9.17, 15) is 39.9 Å². The van der Waals surface area contributed by atoms with Gasteiger partial charge in [0.05, 0.1) is 0 Å². The van der Waals surface area contributed by atoms with Gasteiger partial charge >= 0.3 is 29.8 Å². The first-order valence-electron chi connectivity index (χ1n) is 3.12. The second-order valence-corrected chi connectivity index (χ2v) is 2.64. The Kier molecular flexibility index (Phi) is 2.10. The van der Waals surface area contributed by atoms with Crippen molar-refractivity contribution in [1.29, 1.82) is 0 Å². The molecule has 0 aromatic rings. The summed E-state index contributed by atoms with van der Waals surface area (Å²) in [7, 11) is 0. The Hall–Kier alpha value is -0.930. The molecule has 15 heavy (non-hydrogen) atoms. The monoisotopic (exact) mass is 244 g/mol. The zero-order valence-electron chi connectivity index (χ0n) is 6.34. The molecule has 0 amide bonds. The normalized spacial score (nSPS) is 36.5. The second kappa shape index (κ2) is 2.60. The van der Waals surface area contributed by atoms with E-state index < -0.39 is 29.8 Å². The standard InChI is InChI=1S/C5F8O2/c6-1(14)2(7)3(8,9)5(12,13)15-4(2,10)11. The summed E-state index contributed by atoms with van der Waals surface area (Å²) in [6.45, 7) is 0. The van der Waals surface area contributed by atoms with Gasteiger partial charge in [-0.3, -0.25) is 4.79 Å². The fourth-order valence-corrected chi connectivity index (χ4v) is 0.917. The second-order valence-electron chi connectivity index (χ2n) is 2.64. The van der Waals surface area contributed by atoms with Crippen LogP contribution in [0.4, 0.5) is 35.1 Å². The van der Waals surface area contributed by atoms with Gasteiger partial charge in [-0.2, -0.15) is 30.7 Å². The molecule has 0 bridgehead atoms. The van der Waals surface area contributed by atoms with E-state index in [-0.39, 0.29) is 0 Å². The number of rotatable bonds is 1. The van der Waals surface area contributed by atoms with E-state index in [0.717, 1.165) is 0 Å². The van der Waals surface area contributed by atoms with Gasteiger partial charge in [-0.1, -0.05) is 0 Å². The van der Waals surface area contributed by atoms with Crippen LogP contribution in [0.5, 0.6) is 0 Å². The lowest BCUT2D eigenvalue weighted by atomic mass is 9.99. The van der Waals surface area contributed by atoms with Crippen LogP contribution in [-0.2, 0) is 9.53 Å². The number of alkyl halides is 7. The van der Waals surface area contributed by atoms with Crippen molar-refractivity contribution in [1.82, 2.24) is 0 Å². The van der Waals surface area contributed by atoms with E-state index in [1.54, 1.807) is 0 Å². The van der Waals surface area contributed by atoms with Crippen LogP contribution in [-0.4, -0.2) is 29.8 Å². The maximum atomic E-state index is 12.7. The minimum absolute atomic E-state index is 2.08. The minimum atomic E-state index is -6.30. The van der Waals surface area contributed by atoms with Crippen molar-refractivity contribution in [3.63, 3.8) is 0 Å². The minimum Gasteiger partial charge on any atom is -0.257 e. The predicted molar refractivity (Wildman–Crippen MR) is 25.9 cm³/mol. The molecule has 88 valence electrons. The van der Waals surface area contributed by atoms with E-state index in [0.29, 0.717) is 0 Å². The third kappa shape index (κ3) is 1.11. The number of carbonyl (C=O) groups is 1. The van der Waals surface area contributed by atoms with Crippen LogP contribution in [0.25, 0.3) is 0 Å². The molecule has 0 N–H and O–H groups in total. The van der Waals surface area contributed by atoms with Crippen molar-refractivity contribution in [3.05, 3.63) is 0 Å². The molecule has 1 aliphatic heterocycles. The molecule has 1 aliphatic rings. The lowest BCUT2D eigenvalue weighted by molar-refractivity contribution is -0.362. The topological polar surface area (TPSA) is 26.3 Å². The SMILES string of the molecule is O=C(F)C1(F)C(F)(F)OC(F)(F)C1(F)F. The molecule has 1 saturated heterocycles. The van der Waals surface area contributed by atoms with Gasteiger partial charge in [-0.05, 0) is 0 Å². The highest BCUT2D eigenvalue weighted by Gasteiger charge is 2.92. The Bertz CT molecular complexity index is 312. The van der Waals surface area contributed by atoms with Gasteiger partial charge in [0.2, 0.25) is 0 Å². The lowest BCUT2D eigenvalue weighted by Gasteiger charge is -2.23.